The molecule has 0 spiro atoms. The quantitative estimate of drug-likeness (QED) is 0.680. The molecule has 0 amide bonds. The fraction of sp³-hybridized carbons (Fsp3) is 0.529. The van der Waals surface area contributed by atoms with Gasteiger partial charge in [-0.1, -0.05) is 76.1 Å². The molecule has 1 nitrogen and oxygen atoms in total. The summed E-state index contributed by atoms with van der Waals surface area (Å²) in [6.45, 7) is 6.48. The van der Waals surface area contributed by atoms with Crippen LogP contribution in [-0.2, 0) is 0 Å². The van der Waals surface area contributed by atoms with E-state index < -0.39 is 6.10 Å². The van der Waals surface area contributed by atoms with Crippen LogP contribution in [0.3, 0.4) is 0 Å². The van der Waals surface area contributed by atoms with Gasteiger partial charge in [0.2, 0.25) is 0 Å². The van der Waals surface area contributed by atoms with Crippen LogP contribution in [-0.4, -0.2) is 5.11 Å². The second-order valence-corrected chi connectivity index (χ2v) is 5.23. The van der Waals surface area contributed by atoms with Crippen LogP contribution in [0.5, 0.6) is 0 Å². The first kappa shape index (κ1) is 15.0. The number of unbranched alkanes of at least 4 members (excludes halogenated alkanes) is 1. The SMILES string of the molecule is CC/C=C/C(C)(CCCC)[C@H](O)c1ccccc1. The van der Waals surface area contributed by atoms with E-state index in [1.54, 1.807) is 0 Å². The van der Waals surface area contributed by atoms with Gasteiger partial charge in [0, 0.05) is 5.41 Å². The van der Waals surface area contributed by atoms with Crippen molar-refractivity contribution in [1.29, 1.82) is 0 Å². The third-order valence-electron chi connectivity index (χ3n) is 3.54. The van der Waals surface area contributed by atoms with E-state index in [-0.39, 0.29) is 5.41 Å². The van der Waals surface area contributed by atoms with Crippen molar-refractivity contribution in [3.8, 4) is 0 Å². The molecule has 0 radical (unpaired) electrons. The number of benzene rings is 1. The van der Waals surface area contributed by atoms with Crippen LogP contribution in [0.25, 0.3) is 0 Å². The molecule has 0 saturated heterocycles. The Morgan fingerprint density at radius 2 is 1.89 bits per heavy atom. The molecule has 0 aromatic heterocycles. The molecule has 0 aliphatic rings. The van der Waals surface area contributed by atoms with Crippen molar-refractivity contribution in [1.82, 2.24) is 0 Å². The minimum Gasteiger partial charge on any atom is -0.388 e. The van der Waals surface area contributed by atoms with E-state index in [0.29, 0.717) is 0 Å². The first-order valence-electron chi connectivity index (χ1n) is 7.04. The highest BCUT2D eigenvalue weighted by molar-refractivity contribution is 5.21. The monoisotopic (exact) mass is 246 g/mol. The highest BCUT2D eigenvalue weighted by Crippen LogP contribution is 2.39. The van der Waals surface area contributed by atoms with Crippen LogP contribution in [0, 0.1) is 5.41 Å². The molecule has 0 bridgehead atoms. The van der Waals surface area contributed by atoms with E-state index >= 15 is 0 Å². The molecular formula is C17H26O. The van der Waals surface area contributed by atoms with Crippen LogP contribution in [0.15, 0.2) is 42.5 Å². The molecule has 0 heterocycles. The lowest BCUT2D eigenvalue weighted by Crippen LogP contribution is -2.23. The van der Waals surface area contributed by atoms with Gasteiger partial charge in [-0.15, -0.1) is 0 Å². The summed E-state index contributed by atoms with van der Waals surface area (Å²) in [6.07, 6.45) is 8.29. The van der Waals surface area contributed by atoms with Crippen molar-refractivity contribution in [2.45, 2.75) is 52.6 Å². The van der Waals surface area contributed by atoms with Gasteiger partial charge >= 0.3 is 0 Å². The minimum absolute atomic E-state index is 0.159. The molecule has 1 rings (SSSR count). The maximum Gasteiger partial charge on any atom is 0.0877 e. The van der Waals surface area contributed by atoms with Gasteiger partial charge in [0.05, 0.1) is 6.10 Å². The summed E-state index contributed by atoms with van der Waals surface area (Å²) in [6, 6.07) is 9.98. The van der Waals surface area contributed by atoms with Crippen molar-refractivity contribution in [2.24, 2.45) is 5.41 Å². The molecule has 0 saturated carbocycles. The van der Waals surface area contributed by atoms with Gasteiger partial charge in [0.1, 0.15) is 0 Å². The third-order valence-corrected chi connectivity index (χ3v) is 3.54. The molecule has 100 valence electrons. The van der Waals surface area contributed by atoms with Crippen LogP contribution >= 0.6 is 0 Å². The Morgan fingerprint density at radius 3 is 2.44 bits per heavy atom. The Balaban J connectivity index is 2.91. The van der Waals surface area contributed by atoms with Gasteiger partial charge in [-0.25, -0.2) is 0 Å². The molecule has 1 aromatic carbocycles. The molecule has 2 atom stereocenters. The van der Waals surface area contributed by atoms with Gasteiger partial charge in [-0.2, -0.15) is 0 Å². The number of rotatable bonds is 7. The molecule has 18 heavy (non-hydrogen) atoms. The summed E-state index contributed by atoms with van der Waals surface area (Å²) in [5, 5.41) is 10.6. The predicted octanol–water partition coefficient (Wildman–Crippen LogP) is 4.88. The third kappa shape index (κ3) is 3.99. The van der Waals surface area contributed by atoms with Crippen molar-refractivity contribution in [3.05, 3.63) is 48.0 Å². The van der Waals surface area contributed by atoms with E-state index in [1.165, 1.54) is 0 Å². The number of allylic oxidation sites excluding steroid dienone is 1. The van der Waals surface area contributed by atoms with Crippen molar-refractivity contribution >= 4 is 0 Å². The lowest BCUT2D eigenvalue weighted by Gasteiger charge is -2.32. The Labute approximate surface area is 112 Å². The molecule has 1 aromatic rings. The number of aliphatic hydroxyl groups is 1. The zero-order valence-electron chi connectivity index (χ0n) is 11.9. The fourth-order valence-corrected chi connectivity index (χ4v) is 2.27. The molecule has 0 fully saturated rings. The molecule has 1 unspecified atom stereocenters. The second kappa shape index (κ2) is 7.38. The Kier molecular flexibility index (Phi) is 6.14. The van der Waals surface area contributed by atoms with Gasteiger partial charge < -0.3 is 5.11 Å². The average Bonchev–Trinajstić information content (AvgIpc) is 2.43. The first-order valence-corrected chi connectivity index (χ1v) is 7.04. The zero-order chi connectivity index (χ0) is 13.4. The van der Waals surface area contributed by atoms with Gasteiger partial charge in [-0.3, -0.25) is 0 Å². The van der Waals surface area contributed by atoms with Crippen molar-refractivity contribution < 1.29 is 5.11 Å². The molecule has 1 heteroatoms. The highest BCUT2D eigenvalue weighted by Gasteiger charge is 2.30. The van der Waals surface area contributed by atoms with Gasteiger partial charge in [0.25, 0.3) is 0 Å². The fourth-order valence-electron chi connectivity index (χ4n) is 2.27. The average molecular weight is 246 g/mol. The van der Waals surface area contributed by atoms with E-state index in [9.17, 15) is 5.11 Å². The summed E-state index contributed by atoms with van der Waals surface area (Å²) in [5.41, 5.74) is 0.852. The Morgan fingerprint density at radius 1 is 1.22 bits per heavy atom. The summed E-state index contributed by atoms with van der Waals surface area (Å²) in [4.78, 5) is 0. The second-order valence-electron chi connectivity index (χ2n) is 5.23. The Bertz CT molecular complexity index is 355. The van der Waals surface area contributed by atoms with Crippen LogP contribution in [0.4, 0.5) is 0 Å². The smallest absolute Gasteiger partial charge is 0.0877 e. The predicted molar refractivity (Wildman–Crippen MR) is 78.5 cm³/mol. The van der Waals surface area contributed by atoms with Crippen molar-refractivity contribution in [2.75, 3.05) is 0 Å². The van der Waals surface area contributed by atoms with E-state index in [4.69, 9.17) is 0 Å². The number of hydrogen-bond acceptors (Lipinski definition) is 1. The number of hydrogen-bond donors (Lipinski definition) is 1. The van der Waals surface area contributed by atoms with Gasteiger partial charge in [-0.05, 0) is 18.4 Å². The summed E-state index contributed by atoms with van der Waals surface area (Å²) < 4.78 is 0. The molecule has 0 aliphatic carbocycles. The zero-order valence-corrected chi connectivity index (χ0v) is 11.9. The van der Waals surface area contributed by atoms with E-state index in [2.05, 4.69) is 32.9 Å². The molecule has 1 N–H and O–H groups in total. The normalized spacial score (nSPS) is 16.7. The maximum atomic E-state index is 10.6. The van der Waals surface area contributed by atoms with E-state index in [1.807, 2.05) is 30.3 Å². The number of aliphatic hydroxyl groups excluding tert-OH is 1. The Hall–Kier alpha value is -1.08. The van der Waals surface area contributed by atoms with E-state index in [0.717, 1.165) is 31.2 Å². The lowest BCUT2D eigenvalue weighted by atomic mass is 9.76. The highest BCUT2D eigenvalue weighted by atomic mass is 16.3. The minimum atomic E-state index is -0.423. The molecular weight excluding hydrogens is 220 g/mol. The lowest BCUT2D eigenvalue weighted by molar-refractivity contribution is 0.0620. The van der Waals surface area contributed by atoms with Crippen LogP contribution < -0.4 is 0 Å². The van der Waals surface area contributed by atoms with Crippen molar-refractivity contribution in [3.63, 3.8) is 0 Å². The van der Waals surface area contributed by atoms with Crippen LogP contribution in [0.1, 0.15) is 58.1 Å². The first-order chi connectivity index (χ1) is 8.64. The summed E-state index contributed by atoms with van der Waals surface area (Å²) in [5.74, 6) is 0. The molecule has 0 aliphatic heterocycles. The topological polar surface area (TPSA) is 20.2 Å². The summed E-state index contributed by atoms with van der Waals surface area (Å²) in [7, 11) is 0. The van der Waals surface area contributed by atoms with Crippen LogP contribution in [0.2, 0.25) is 0 Å². The maximum absolute atomic E-state index is 10.6. The standard InChI is InChI=1S/C17H26O/c1-4-6-13-17(3,14-7-5-2)16(18)15-11-9-8-10-12-15/h6,8-13,16,18H,4-5,7,14H2,1-3H3/b13-6+/t16-,17?/m1/s1. The largest absolute Gasteiger partial charge is 0.388 e. The van der Waals surface area contributed by atoms with Gasteiger partial charge in [0.15, 0.2) is 0 Å². The summed E-state index contributed by atoms with van der Waals surface area (Å²) >= 11 is 0.